The fourth-order valence-electron chi connectivity index (χ4n) is 3.59. The Hall–Kier alpha value is -3.06. The lowest BCUT2D eigenvalue weighted by Crippen LogP contribution is -2.31. The Balaban J connectivity index is 1.77. The van der Waals surface area contributed by atoms with Gasteiger partial charge in [0.15, 0.2) is 11.0 Å². The fourth-order valence-corrected chi connectivity index (χ4v) is 4.44. The number of aryl methyl sites for hydroxylation is 1. The molecule has 4 rings (SSSR count). The number of thioether (sulfide) groups is 1. The molecule has 0 aliphatic rings. The zero-order valence-corrected chi connectivity index (χ0v) is 18.2. The Bertz CT molecular complexity index is 1180. The molecule has 2 heterocycles. The number of para-hydroxylation sites is 1. The number of carbonyl (C=O) groups is 1. The monoisotopic (exact) mass is 419 g/mol. The summed E-state index contributed by atoms with van der Waals surface area (Å²) in [5, 5.41) is 10.8. The quantitative estimate of drug-likeness (QED) is 0.442. The number of fused-ring (bicyclic) bond motifs is 1. The highest BCUT2D eigenvalue weighted by molar-refractivity contribution is 7.99. The van der Waals surface area contributed by atoms with E-state index in [2.05, 4.69) is 40.3 Å². The lowest BCUT2D eigenvalue weighted by Gasteiger charge is -2.18. The van der Waals surface area contributed by atoms with Crippen LogP contribution in [0, 0.1) is 6.92 Å². The van der Waals surface area contributed by atoms with E-state index in [0.717, 1.165) is 33.5 Å². The van der Waals surface area contributed by atoms with Gasteiger partial charge in [-0.15, -0.1) is 10.2 Å². The zero-order chi connectivity index (χ0) is 21.1. The number of carbonyl (C=O) groups excluding carboxylic acids is 1. The number of H-pyrrole nitrogens is 1. The van der Waals surface area contributed by atoms with E-state index in [4.69, 9.17) is 0 Å². The van der Waals surface area contributed by atoms with Gasteiger partial charge in [0, 0.05) is 41.4 Å². The maximum Gasteiger partial charge on any atom is 0.233 e. The van der Waals surface area contributed by atoms with Gasteiger partial charge in [0.25, 0.3) is 0 Å². The number of hydrogen-bond donors (Lipinski definition) is 1. The summed E-state index contributed by atoms with van der Waals surface area (Å²) in [5.41, 5.74) is 4.18. The first-order valence-electron chi connectivity index (χ1n) is 10.1. The molecule has 30 heavy (non-hydrogen) atoms. The summed E-state index contributed by atoms with van der Waals surface area (Å²) < 4.78 is 2.04. The van der Waals surface area contributed by atoms with Crippen LogP contribution in [0.25, 0.3) is 28.0 Å². The number of nitrogens with one attached hydrogen (secondary N) is 1. The van der Waals surface area contributed by atoms with Crippen molar-refractivity contribution < 1.29 is 4.79 Å². The minimum atomic E-state index is 0.109. The number of hydrogen-bond acceptors (Lipinski definition) is 4. The summed E-state index contributed by atoms with van der Waals surface area (Å²) in [6.07, 6.45) is 1.97. The van der Waals surface area contributed by atoms with Crippen molar-refractivity contribution in [2.75, 3.05) is 18.8 Å². The maximum absolute atomic E-state index is 12.5. The molecule has 0 aliphatic carbocycles. The number of rotatable bonds is 7. The second-order valence-electron chi connectivity index (χ2n) is 7.08. The summed E-state index contributed by atoms with van der Waals surface area (Å²) in [5.74, 6) is 1.20. The maximum atomic E-state index is 12.5. The second-order valence-corrected chi connectivity index (χ2v) is 8.03. The van der Waals surface area contributed by atoms with Crippen molar-refractivity contribution in [2.24, 2.45) is 0 Å². The van der Waals surface area contributed by atoms with E-state index in [-0.39, 0.29) is 5.91 Å². The van der Waals surface area contributed by atoms with Crippen LogP contribution in [-0.2, 0) is 4.79 Å². The highest BCUT2D eigenvalue weighted by atomic mass is 32.2. The van der Waals surface area contributed by atoms with E-state index in [1.54, 1.807) is 0 Å². The van der Waals surface area contributed by atoms with Crippen molar-refractivity contribution in [1.82, 2.24) is 24.6 Å². The number of amides is 1. The number of benzene rings is 2. The van der Waals surface area contributed by atoms with Gasteiger partial charge in [-0.1, -0.05) is 42.1 Å². The Morgan fingerprint density at radius 1 is 1.10 bits per heavy atom. The average Bonchev–Trinajstić information content (AvgIpc) is 3.37. The summed E-state index contributed by atoms with van der Waals surface area (Å²) >= 11 is 1.43. The molecule has 0 atom stereocenters. The Kier molecular flexibility index (Phi) is 5.90. The summed E-state index contributed by atoms with van der Waals surface area (Å²) in [7, 11) is 0. The predicted molar refractivity (Wildman–Crippen MR) is 122 cm³/mol. The SMILES string of the molecule is CCN(CC)C(=O)CSc1nnc(-c2c[nH]c3ccccc23)n1-c1cccc(C)c1. The van der Waals surface area contributed by atoms with Gasteiger partial charge in [0.2, 0.25) is 5.91 Å². The molecule has 0 bridgehead atoms. The summed E-state index contributed by atoms with van der Waals surface area (Å²) in [4.78, 5) is 17.7. The molecular formula is C23H25N5OS. The van der Waals surface area contributed by atoms with Crippen LogP contribution < -0.4 is 0 Å². The molecule has 0 radical (unpaired) electrons. The Morgan fingerprint density at radius 3 is 2.67 bits per heavy atom. The molecule has 0 fully saturated rings. The zero-order valence-electron chi connectivity index (χ0n) is 17.4. The molecule has 2 aromatic carbocycles. The van der Waals surface area contributed by atoms with E-state index in [1.807, 2.05) is 59.8 Å². The van der Waals surface area contributed by atoms with Crippen molar-refractivity contribution in [3.8, 4) is 17.1 Å². The first-order valence-corrected chi connectivity index (χ1v) is 11.1. The van der Waals surface area contributed by atoms with Crippen LogP contribution in [0.5, 0.6) is 0 Å². The van der Waals surface area contributed by atoms with Gasteiger partial charge < -0.3 is 9.88 Å². The molecule has 6 nitrogen and oxygen atoms in total. The molecule has 0 aliphatic heterocycles. The molecule has 0 spiro atoms. The molecule has 4 aromatic rings. The van der Waals surface area contributed by atoms with Crippen LogP contribution in [0.15, 0.2) is 59.9 Å². The highest BCUT2D eigenvalue weighted by Crippen LogP contribution is 2.32. The van der Waals surface area contributed by atoms with E-state index in [9.17, 15) is 4.79 Å². The van der Waals surface area contributed by atoms with Crippen LogP contribution in [-0.4, -0.2) is 49.4 Å². The largest absolute Gasteiger partial charge is 0.360 e. The molecule has 0 unspecified atom stereocenters. The van der Waals surface area contributed by atoms with Gasteiger partial charge in [-0.3, -0.25) is 9.36 Å². The van der Waals surface area contributed by atoms with Gasteiger partial charge >= 0.3 is 0 Å². The Labute approximate surface area is 180 Å². The van der Waals surface area contributed by atoms with Gasteiger partial charge in [0.05, 0.1) is 5.75 Å². The minimum absolute atomic E-state index is 0.109. The van der Waals surface area contributed by atoms with E-state index < -0.39 is 0 Å². The van der Waals surface area contributed by atoms with Gasteiger partial charge in [0.1, 0.15) is 0 Å². The number of aromatic nitrogens is 4. The molecule has 0 saturated heterocycles. The summed E-state index contributed by atoms with van der Waals surface area (Å²) in [6, 6.07) is 16.4. The average molecular weight is 420 g/mol. The van der Waals surface area contributed by atoms with Crippen LogP contribution >= 0.6 is 11.8 Å². The van der Waals surface area contributed by atoms with Gasteiger partial charge in [-0.25, -0.2) is 0 Å². The van der Waals surface area contributed by atoms with E-state index in [1.165, 1.54) is 11.8 Å². The number of aromatic amines is 1. The van der Waals surface area contributed by atoms with Gasteiger partial charge in [-0.05, 0) is 44.5 Å². The van der Waals surface area contributed by atoms with Crippen molar-refractivity contribution in [3.05, 3.63) is 60.3 Å². The van der Waals surface area contributed by atoms with Gasteiger partial charge in [-0.2, -0.15) is 0 Å². The standard InChI is InChI=1S/C23H25N5OS/c1-4-27(5-2)21(29)15-30-23-26-25-22(28(23)17-10-8-9-16(3)13-17)19-14-24-20-12-7-6-11-18(19)20/h6-14,24H,4-5,15H2,1-3H3. The molecule has 1 N–H and O–H groups in total. The van der Waals surface area contributed by atoms with Crippen molar-refractivity contribution in [1.29, 1.82) is 0 Å². The minimum Gasteiger partial charge on any atom is -0.360 e. The molecule has 7 heteroatoms. The molecular weight excluding hydrogens is 394 g/mol. The van der Waals surface area contributed by atoms with E-state index >= 15 is 0 Å². The van der Waals surface area contributed by atoms with Crippen LogP contribution in [0.3, 0.4) is 0 Å². The van der Waals surface area contributed by atoms with Crippen LogP contribution in [0.1, 0.15) is 19.4 Å². The topological polar surface area (TPSA) is 66.8 Å². The molecule has 1 amide bonds. The third-order valence-corrected chi connectivity index (χ3v) is 6.08. The highest BCUT2D eigenvalue weighted by Gasteiger charge is 2.20. The molecule has 154 valence electrons. The third kappa shape index (κ3) is 3.85. The normalized spacial score (nSPS) is 11.2. The predicted octanol–water partition coefficient (Wildman–Crippen LogP) is 4.68. The molecule has 2 aromatic heterocycles. The van der Waals surface area contributed by atoms with Crippen LogP contribution in [0.2, 0.25) is 0 Å². The number of nitrogens with zero attached hydrogens (tertiary/aromatic N) is 4. The second kappa shape index (κ2) is 8.75. The third-order valence-electron chi connectivity index (χ3n) is 5.16. The van der Waals surface area contributed by atoms with E-state index in [0.29, 0.717) is 24.0 Å². The van der Waals surface area contributed by atoms with Crippen molar-refractivity contribution in [2.45, 2.75) is 25.9 Å². The first kappa shape index (κ1) is 20.2. The smallest absolute Gasteiger partial charge is 0.233 e. The lowest BCUT2D eigenvalue weighted by molar-refractivity contribution is -0.127. The summed E-state index contributed by atoms with van der Waals surface area (Å²) in [6.45, 7) is 7.48. The van der Waals surface area contributed by atoms with Crippen molar-refractivity contribution in [3.63, 3.8) is 0 Å². The first-order chi connectivity index (χ1) is 14.6. The van der Waals surface area contributed by atoms with Crippen LogP contribution in [0.4, 0.5) is 0 Å². The fraction of sp³-hybridized carbons (Fsp3) is 0.261. The van der Waals surface area contributed by atoms with Crippen molar-refractivity contribution >= 4 is 28.6 Å². The Morgan fingerprint density at radius 2 is 1.90 bits per heavy atom. The molecule has 0 saturated carbocycles. The lowest BCUT2D eigenvalue weighted by atomic mass is 10.1.